The van der Waals surface area contributed by atoms with Gasteiger partial charge in [0.15, 0.2) is 0 Å². The second-order valence-electron chi connectivity index (χ2n) is 4.90. The first-order valence-electron chi connectivity index (χ1n) is 6.88. The molecule has 0 radical (unpaired) electrons. The summed E-state index contributed by atoms with van der Waals surface area (Å²) >= 11 is 0. The molecule has 1 atom stereocenters. The molecule has 0 saturated carbocycles. The molecule has 3 nitrogen and oxygen atoms in total. The molecule has 21 heavy (non-hydrogen) atoms. The fraction of sp³-hybridized carbons (Fsp3) is 0.167. The predicted molar refractivity (Wildman–Crippen MR) is 80.4 cm³/mol. The van der Waals surface area contributed by atoms with Crippen LogP contribution in [0.25, 0.3) is 5.57 Å². The van der Waals surface area contributed by atoms with Crippen LogP contribution in [0.4, 0.5) is 0 Å². The Balaban J connectivity index is 1.97. The Labute approximate surface area is 123 Å². The molecule has 0 N–H and O–H groups in total. The molecule has 1 unspecified atom stereocenters. The summed E-state index contributed by atoms with van der Waals surface area (Å²) in [5.41, 5.74) is 2.91. The van der Waals surface area contributed by atoms with E-state index >= 15 is 0 Å². The van der Waals surface area contributed by atoms with Crippen LogP contribution in [0.5, 0.6) is 0 Å². The molecule has 0 aliphatic carbocycles. The summed E-state index contributed by atoms with van der Waals surface area (Å²) in [5.74, 6) is -0.0839. The van der Waals surface area contributed by atoms with Crippen LogP contribution in [0.1, 0.15) is 11.1 Å². The number of esters is 1. The summed E-state index contributed by atoms with van der Waals surface area (Å²) in [6, 6.07) is 19.8. The van der Waals surface area contributed by atoms with E-state index in [-0.39, 0.29) is 6.10 Å². The van der Waals surface area contributed by atoms with Gasteiger partial charge in [0, 0.05) is 12.0 Å². The van der Waals surface area contributed by atoms with Gasteiger partial charge < -0.3 is 9.47 Å². The van der Waals surface area contributed by atoms with Gasteiger partial charge in [0.05, 0.1) is 7.11 Å². The molecule has 0 aromatic heterocycles. The van der Waals surface area contributed by atoms with Crippen LogP contribution in [0.3, 0.4) is 0 Å². The van der Waals surface area contributed by atoms with Gasteiger partial charge in [-0.25, -0.2) is 4.79 Å². The van der Waals surface area contributed by atoms with Gasteiger partial charge >= 0.3 is 5.97 Å². The summed E-state index contributed by atoms with van der Waals surface area (Å²) < 4.78 is 10.8. The monoisotopic (exact) mass is 280 g/mol. The Hall–Kier alpha value is -2.55. The number of cyclic esters (lactones) is 1. The molecule has 106 valence electrons. The quantitative estimate of drug-likeness (QED) is 0.807. The number of hydrogen-bond acceptors (Lipinski definition) is 3. The summed E-state index contributed by atoms with van der Waals surface area (Å²) in [5, 5.41) is 0. The van der Waals surface area contributed by atoms with E-state index in [1.807, 2.05) is 60.7 Å². The molecule has 3 heteroatoms. The standard InChI is InChI=1S/C18H16O3/c1-20-17-16(14-10-6-3-7-11-14)15(21-18(17)19)12-13-8-4-2-5-9-13/h2-11,15H,12H2,1H3. The van der Waals surface area contributed by atoms with E-state index in [1.54, 1.807) is 0 Å². The second kappa shape index (κ2) is 5.83. The van der Waals surface area contributed by atoms with Gasteiger partial charge in [-0.2, -0.15) is 0 Å². The van der Waals surface area contributed by atoms with Crippen LogP contribution >= 0.6 is 0 Å². The minimum absolute atomic E-state index is 0.308. The third kappa shape index (κ3) is 2.68. The lowest BCUT2D eigenvalue weighted by molar-refractivity contribution is -0.142. The Bertz CT molecular complexity index is 659. The first-order valence-corrected chi connectivity index (χ1v) is 6.88. The highest BCUT2D eigenvalue weighted by molar-refractivity contribution is 6.01. The minimum Gasteiger partial charge on any atom is -0.490 e. The average Bonchev–Trinajstić information content (AvgIpc) is 2.84. The molecule has 2 aromatic carbocycles. The van der Waals surface area contributed by atoms with Crippen LogP contribution in [0.15, 0.2) is 66.4 Å². The number of rotatable bonds is 4. The largest absolute Gasteiger partial charge is 0.490 e. The third-order valence-electron chi connectivity index (χ3n) is 3.55. The highest BCUT2D eigenvalue weighted by Gasteiger charge is 2.36. The normalized spacial score (nSPS) is 17.8. The molecule has 0 fully saturated rings. The summed E-state index contributed by atoms with van der Waals surface area (Å²) in [4.78, 5) is 12.0. The van der Waals surface area contributed by atoms with Crippen molar-refractivity contribution in [3.63, 3.8) is 0 Å². The lowest BCUT2D eigenvalue weighted by Gasteiger charge is -2.14. The van der Waals surface area contributed by atoms with E-state index in [4.69, 9.17) is 9.47 Å². The van der Waals surface area contributed by atoms with E-state index < -0.39 is 5.97 Å². The van der Waals surface area contributed by atoms with Crippen molar-refractivity contribution in [1.29, 1.82) is 0 Å². The summed E-state index contributed by atoms with van der Waals surface area (Å²) in [6.45, 7) is 0. The zero-order chi connectivity index (χ0) is 14.7. The summed E-state index contributed by atoms with van der Waals surface area (Å²) in [7, 11) is 1.50. The Kier molecular flexibility index (Phi) is 3.73. The van der Waals surface area contributed by atoms with E-state index in [2.05, 4.69) is 0 Å². The SMILES string of the molecule is COC1=C(c2ccccc2)C(Cc2ccccc2)OC1=O. The van der Waals surface area contributed by atoms with Crippen molar-refractivity contribution in [3.05, 3.63) is 77.5 Å². The molecule has 1 heterocycles. The van der Waals surface area contributed by atoms with Gasteiger partial charge in [-0.15, -0.1) is 0 Å². The Morgan fingerprint density at radius 2 is 1.62 bits per heavy atom. The van der Waals surface area contributed by atoms with Gasteiger partial charge in [-0.1, -0.05) is 60.7 Å². The molecule has 0 bridgehead atoms. The van der Waals surface area contributed by atoms with Crippen LogP contribution in [0.2, 0.25) is 0 Å². The van der Waals surface area contributed by atoms with Crippen molar-refractivity contribution in [3.8, 4) is 0 Å². The zero-order valence-corrected chi connectivity index (χ0v) is 11.8. The third-order valence-corrected chi connectivity index (χ3v) is 3.55. The Morgan fingerprint density at radius 1 is 1.00 bits per heavy atom. The topological polar surface area (TPSA) is 35.5 Å². The van der Waals surface area contributed by atoms with Crippen molar-refractivity contribution in [2.45, 2.75) is 12.5 Å². The van der Waals surface area contributed by atoms with Crippen LogP contribution in [-0.4, -0.2) is 19.2 Å². The first kappa shape index (κ1) is 13.4. The van der Waals surface area contributed by atoms with Crippen LogP contribution < -0.4 is 0 Å². The molecule has 0 spiro atoms. The van der Waals surface area contributed by atoms with E-state index in [1.165, 1.54) is 7.11 Å². The van der Waals surface area contributed by atoms with Gasteiger partial charge in [0.25, 0.3) is 0 Å². The van der Waals surface area contributed by atoms with Gasteiger partial charge in [-0.3, -0.25) is 0 Å². The second-order valence-corrected chi connectivity index (χ2v) is 4.90. The number of carbonyl (C=O) groups excluding carboxylic acids is 1. The maximum atomic E-state index is 12.0. The Morgan fingerprint density at radius 3 is 2.24 bits per heavy atom. The maximum Gasteiger partial charge on any atom is 0.374 e. The fourth-order valence-corrected chi connectivity index (χ4v) is 2.60. The van der Waals surface area contributed by atoms with E-state index in [0.717, 1.165) is 16.7 Å². The molecule has 3 rings (SSSR count). The van der Waals surface area contributed by atoms with Gasteiger partial charge in [0.2, 0.25) is 5.76 Å². The number of hydrogen-bond donors (Lipinski definition) is 0. The summed E-state index contributed by atoms with van der Waals surface area (Å²) in [6.07, 6.45) is 0.334. The smallest absolute Gasteiger partial charge is 0.374 e. The molecule has 1 aliphatic rings. The first-order chi connectivity index (χ1) is 10.3. The number of carbonyl (C=O) groups is 1. The van der Waals surface area contributed by atoms with Crippen molar-refractivity contribution >= 4 is 11.5 Å². The lowest BCUT2D eigenvalue weighted by atomic mass is 9.96. The molecular formula is C18H16O3. The van der Waals surface area contributed by atoms with Crippen LogP contribution in [0, 0.1) is 0 Å². The highest BCUT2D eigenvalue weighted by atomic mass is 16.6. The maximum absolute atomic E-state index is 12.0. The van der Waals surface area contributed by atoms with Gasteiger partial charge in [-0.05, 0) is 11.1 Å². The van der Waals surface area contributed by atoms with Crippen LogP contribution in [-0.2, 0) is 20.7 Å². The van der Waals surface area contributed by atoms with Crippen molar-refractivity contribution in [2.75, 3.05) is 7.11 Å². The fourth-order valence-electron chi connectivity index (χ4n) is 2.60. The molecule has 2 aromatic rings. The number of ether oxygens (including phenoxy) is 2. The molecule has 0 saturated heterocycles. The van der Waals surface area contributed by atoms with Crippen molar-refractivity contribution < 1.29 is 14.3 Å². The molecule has 1 aliphatic heterocycles. The number of benzene rings is 2. The predicted octanol–water partition coefficient (Wildman–Crippen LogP) is 3.21. The van der Waals surface area contributed by atoms with Gasteiger partial charge in [0.1, 0.15) is 6.10 Å². The van der Waals surface area contributed by atoms with E-state index in [9.17, 15) is 4.79 Å². The molecule has 0 amide bonds. The van der Waals surface area contributed by atoms with Crippen molar-refractivity contribution in [1.82, 2.24) is 0 Å². The molecular weight excluding hydrogens is 264 g/mol. The average molecular weight is 280 g/mol. The zero-order valence-electron chi connectivity index (χ0n) is 11.8. The minimum atomic E-state index is -0.391. The van der Waals surface area contributed by atoms with Crippen molar-refractivity contribution in [2.24, 2.45) is 0 Å². The lowest BCUT2D eigenvalue weighted by Crippen LogP contribution is -2.14. The number of methoxy groups -OCH3 is 1. The highest BCUT2D eigenvalue weighted by Crippen LogP contribution is 2.33. The van der Waals surface area contributed by atoms with E-state index in [0.29, 0.717) is 12.2 Å².